The zero-order valence-electron chi connectivity index (χ0n) is 20.0. The van der Waals surface area contributed by atoms with Crippen LogP contribution in [0.2, 0.25) is 5.02 Å². The predicted molar refractivity (Wildman–Crippen MR) is 126 cm³/mol. The Balaban J connectivity index is 1.63. The molecule has 0 spiro atoms. The summed E-state index contributed by atoms with van der Waals surface area (Å²) in [5, 5.41) is 4.98. The number of amides is 2. The first kappa shape index (κ1) is 25.9. The van der Waals surface area contributed by atoms with Crippen LogP contribution in [0.15, 0.2) is 12.1 Å². The summed E-state index contributed by atoms with van der Waals surface area (Å²) in [6, 6.07) is 2.53. The van der Waals surface area contributed by atoms with Gasteiger partial charge in [-0.1, -0.05) is 18.5 Å². The third-order valence-corrected chi connectivity index (χ3v) is 7.32. The number of anilines is 1. The third-order valence-electron chi connectivity index (χ3n) is 6.93. The Morgan fingerprint density at radius 2 is 1.78 bits per heavy atom. The monoisotopic (exact) mass is 523 g/mol. The molecular formula is C25H25ClF3N3O4. The van der Waals surface area contributed by atoms with E-state index in [0.29, 0.717) is 25.1 Å². The summed E-state index contributed by atoms with van der Waals surface area (Å²) >= 11 is 6.02. The van der Waals surface area contributed by atoms with E-state index in [9.17, 15) is 32.3 Å². The van der Waals surface area contributed by atoms with Gasteiger partial charge in [0, 0.05) is 47.8 Å². The van der Waals surface area contributed by atoms with E-state index in [2.05, 4.69) is 10.6 Å². The van der Waals surface area contributed by atoms with E-state index in [-0.39, 0.29) is 39.5 Å². The number of hydrogen-bond acceptors (Lipinski definition) is 4. The van der Waals surface area contributed by atoms with Gasteiger partial charge in [-0.05, 0) is 44.4 Å². The van der Waals surface area contributed by atoms with Crippen LogP contribution in [-0.4, -0.2) is 39.4 Å². The van der Waals surface area contributed by atoms with Gasteiger partial charge < -0.3 is 15.2 Å². The van der Waals surface area contributed by atoms with Gasteiger partial charge in [0.15, 0.2) is 5.78 Å². The highest BCUT2D eigenvalue weighted by atomic mass is 35.5. The number of ketones is 2. The van der Waals surface area contributed by atoms with Crippen LogP contribution < -0.4 is 10.6 Å². The van der Waals surface area contributed by atoms with Gasteiger partial charge in [0.25, 0.3) is 23.5 Å². The second kappa shape index (κ2) is 9.06. The molecule has 0 radical (unpaired) electrons. The van der Waals surface area contributed by atoms with Crippen molar-refractivity contribution in [3.8, 4) is 0 Å². The van der Waals surface area contributed by atoms with Crippen LogP contribution in [0.4, 0.5) is 18.9 Å². The van der Waals surface area contributed by atoms with Crippen LogP contribution in [0.25, 0.3) is 0 Å². The first-order valence-corrected chi connectivity index (χ1v) is 11.9. The number of aromatic nitrogens is 1. The first-order valence-electron chi connectivity index (χ1n) is 11.6. The van der Waals surface area contributed by atoms with Crippen molar-refractivity contribution in [3.63, 3.8) is 0 Å². The second-order valence-corrected chi connectivity index (χ2v) is 9.83. The van der Waals surface area contributed by atoms with Crippen LogP contribution in [0.5, 0.6) is 0 Å². The van der Waals surface area contributed by atoms with Crippen LogP contribution in [-0.2, 0) is 22.6 Å². The summed E-state index contributed by atoms with van der Waals surface area (Å²) in [5.41, 5.74) is -0.582. The summed E-state index contributed by atoms with van der Waals surface area (Å²) in [6.45, 7) is 4.92. The largest absolute Gasteiger partial charge is 0.340 e. The normalized spacial score (nSPS) is 17.2. The third kappa shape index (κ3) is 4.31. The van der Waals surface area contributed by atoms with Crippen molar-refractivity contribution in [3.05, 3.63) is 51.1 Å². The number of hydrogen-bond donors (Lipinski definition) is 2. The lowest BCUT2D eigenvalue weighted by atomic mass is 9.69. The molecule has 36 heavy (non-hydrogen) atoms. The predicted octanol–water partition coefficient (Wildman–Crippen LogP) is 4.54. The van der Waals surface area contributed by atoms with Gasteiger partial charge in [0.1, 0.15) is 17.1 Å². The van der Waals surface area contributed by atoms with Crippen LogP contribution in [0, 0.1) is 19.7 Å². The van der Waals surface area contributed by atoms with Gasteiger partial charge >= 0.3 is 0 Å². The average Bonchev–Trinajstić information content (AvgIpc) is 3.34. The summed E-state index contributed by atoms with van der Waals surface area (Å²) in [7, 11) is 0. The van der Waals surface area contributed by atoms with Crippen LogP contribution in [0.3, 0.4) is 0 Å². The topological polar surface area (TPSA) is 97.3 Å². The van der Waals surface area contributed by atoms with E-state index in [1.165, 1.54) is 26.8 Å². The molecule has 11 heteroatoms. The van der Waals surface area contributed by atoms with Crippen molar-refractivity contribution in [1.82, 2.24) is 9.88 Å². The number of nitrogens with one attached hydrogen (secondary N) is 2. The maximum Gasteiger partial charge on any atom is 0.293 e. The molecule has 0 bridgehead atoms. The van der Waals surface area contributed by atoms with E-state index in [4.69, 9.17) is 11.6 Å². The molecule has 1 aromatic carbocycles. The highest BCUT2D eigenvalue weighted by molar-refractivity contribution is 6.44. The van der Waals surface area contributed by atoms with Gasteiger partial charge in [-0.2, -0.15) is 0 Å². The Morgan fingerprint density at radius 1 is 1.11 bits per heavy atom. The smallest absolute Gasteiger partial charge is 0.293 e. The lowest BCUT2D eigenvalue weighted by Gasteiger charge is -2.46. The zero-order chi connectivity index (χ0) is 26.6. The molecule has 2 aliphatic rings. The first-order chi connectivity index (χ1) is 16.8. The van der Waals surface area contributed by atoms with Crippen molar-refractivity contribution in [2.24, 2.45) is 0 Å². The molecule has 2 aromatic rings. The van der Waals surface area contributed by atoms with Gasteiger partial charge in [-0.3, -0.25) is 19.2 Å². The molecule has 0 atom stereocenters. The molecule has 0 unspecified atom stereocenters. The minimum absolute atomic E-state index is 0.00782. The van der Waals surface area contributed by atoms with Gasteiger partial charge in [-0.25, -0.2) is 13.2 Å². The Kier molecular flexibility index (Phi) is 6.53. The minimum atomic E-state index is -3.10. The molecule has 0 saturated heterocycles. The SMILES string of the molecule is CCC(=O)C1(NC(=O)C(=O)c2c(C)c(C(=O)Nc3cc(F)c(C)c(Cl)c3)n3c2CCC3)CC(F)(F)C1. The summed E-state index contributed by atoms with van der Waals surface area (Å²) in [4.78, 5) is 51.6. The summed E-state index contributed by atoms with van der Waals surface area (Å²) in [5.74, 6) is -7.06. The van der Waals surface area contributed by atoms with Gasteiger partial charge in [-0.15, -0.1) is 0 Å². The van der Waals surface area contributed by atoms with Gasteiger partial charge in [0.05, 0.1) is 5.56 Å². The Hall–Kier alpha value is -3.14. The van der Waals surface area contributed by atoms with Crippen molar-refractivity contribution >= 4 is 40.7 Å². The number of carbonyl (C=O) groups excluding carboxylic acids is 4. The molecule has 2 amide bonds. The second-order valence-electron chi connectivity index (χ2n) is 9.42. The van der Waals surface area contributed by atoms with E-state index < -0.39 is 53.5 Å². The molecule has 7 nitrogen and oxygen atoms in total. The maximum atomic E-state index is 14.1. The van der Waals surface area contributed by atoms with Crippen molar-refractivity contribution in [1.29, 1.82) is 0 Å². The van der Waals surface area contributed by atoms with Crippen LogP contribution >= 0.6 is 11.6 Å². The molecule has 2 heterocycles. The molecule has 2 N–H and O–H groups in total. The lowest BCUT2D eigenvalue weighted by molar-refractivity contribution is -0.163. The Morgan fingerprint density at radius 3 is 2.36 bits per heavy atom. The number of benzene rings is 1. The standard InChI is InChI=1S/C25H25ClF3N3O4/c1-4-18(33)24(10-25(28,29)11-24)31-23(36)21(34)19-13(3)20(32-7-5-6-17(19)32)22(35)30-14-8-15(26)12(2)16(27)9-14/h8-9H,4-7,10-11H2,1-3H3,(H,30,35)(H,31,36). The molecule has 1 aliphatic heterocycles. The highest BCUT2D eigenvalue weighted by Crippen LogP contribution is 2.46. The quantitative estimate of drug-likeness (QED) is 0.411. The number of halogens is 4. The number of rotatable bonds is 7. The number of alkyl halides is 2. The molecule has 192 valence electrons. The number of fused-ring (bicyclic) bond motifs is 1. The summed E-state index contributed by atoms with van der Waals surface area (Å²) < 4.78 is 43.0. The fourth-order valence-electron chi connectivity index (χ4n) is 5.13. The molecule has 1 aromatic heterocycles. The van der Waals surface area contributed by atoms with Crippen molar-refractivity contribution < 1.29 is 32.3 Å². The van der Waals surface area contributed by atoms with Crippen molar-refractivity contribution in [2.75, 3.05) is 5.32 Å². The maximum absolute atomic E-state index is 14.1. The van der Waals surface area contributed by atoms with Gasteiger partial charge in [0.2, 0.25) is 0 Å². The molecule has 1 aliphatic carbocycles. The molecule has 1 fully saturated rings. The van der Waals surface area contributed by atoms with E-state index in [1.807, 2.05) is 0 Å². The summed E-state index contributed by atoms with van der Waals surface area (Å²) in [6.07, 6.45) is -0.749. The van der Waals surface area contributed by atoms with E-state index in [0.717, 1.165) is 6.07 Å². The fourth-order valence-corrected chi connectivity index (χ4v) is 5.34. The van der Waals surface area contributed by atoms with E-state index >= 15 is 0 Å². The van der Waals surface area contributed by atoms with Crippen molar-refractivity contribution in [2.45, 2.75) is 70.9 Å². The number of Topliss-reactive ketones (excluding diaryl/α,β-unsaturated/α-hetero) is 2. The molecule has 1 saturated carbocycles. The van der Waals surface area contributed by atoms with E-state index in [1.54, 1.807) is 4.57 Å². The minimum Gasteiger partial charge on any atom is -0.340 e. The zero-order valence-corrected chi connectivity index (χ0v) is 20.7. The molecule has 4 rings (SSSR count). The fraction of sp³-hybridized carbons (Fsp3) is 0.440. The lowest BCUT2D eigenvalue weighted by Crippen LogP contribution is -2.67. The highest BCUT2D eigenvalue weighted by Gasteiger charge is 2.61. The molecular weight excluding hydrogens is 499 g/mol. The van der Waals surface area contributed by atoms with Crippen LogP contribution in [0.1, 0.15) is 70.3 Å². The average molecular weight is 524 g/mol. The number of carbonyl (C=O) groups is 4. The number of nitrogens with zero attached hydrogens (tertiary/aromatic N) is 1. The Labute approximate surface area is 210 Å². The Bertz CT molecular complexity index is 1290.